The van der Waals surface area contributed by atoms with E-state index in [2.05, 4.69) is 30.0 Å². The third-order valence-corrected chi connectivity index (χ3v) is 5.27. The average molecular weight is 349 g/mol. The number of halogens is 1. The monoisotopic (exact) mass is 349 g/mol. The van der Waals surface area contributed by atoms with Crippen molar-refractivity contribution >= 4 is 23.1 Å². The van der Waals surface area contributed by atoms with Gasteiger partial charge in [-0.1, -0.05) is 30.4 Å². The van der Waals surface area contributed by atoms with Crippen molar-refractivity contribution in [2.45, 2.75) is 32.2 Å². The van der Waals surface area contributed by atoms with Gasteiger partial charge in [0, 0.05) is 24.4 Å². The Kier molecular flexibility index (Phi) is 4.89. The van der Waals surface area contributed by atoms with Crippen LogP contribution in [0.15, 0.2) is 52.9 Å². The first-order valence-corrected chi connectivity index (χ1v) is 9.37. The lowest BCUT2D eigenvalue weighted by molar-refractivity contribution is 0.266. The molecular weight excluding hydrogens is 325 g/mol. The van der Waals surface area contributed by atoms with E-state index < -0.39 is 0 Å². The summed E-state index contributed by atoms with van der Waals surface area (Å²) in [7, 11) is 0. The van der Waals surface area contributed by atoms with Gasteiger partial charge >= 0.3 is 0 Å². The number of hydrogen-bond acceptors (Lipinski definition) is 2. The Hall–Kier alpha value is -2.39. The van der Waals surface area contributed by atoms with Crippen LogP contribution < -0.4 is 0 Å². The Balaban J connectivity index is 1.46. The second-order valence-electron chi connectivity index (χ2n) is 7.17. The van der Waals surface area contributed by atoms with Crippen LogP contribution in [0.25, 0.3) is 23.1 Å². The van der Waals surface area contributed by atoms with Crippen molar-refractivity contribution in [2.75, 3.05) is 13.1 Å². The van der Waals surface area contributed by atoms with Crippen LogP contribution in [0.1, 0.15) is 36.7 Å². The highest BCUT2D eigenvalue weighted by molar-refractivity contribution is 5.82. The fraction of sp³-hybridized carbons (Fsp3) is 0.304. The molecule has 2 heterocycles. The Morgan fingerprint density at radius 3 is 2.62 bits per heavy atom. The highest BCUT2D eigenvalue weighted by Crippen LogP contribution is 2.23. The number of likely N-dealkylation sites (tertiary alicyclic amines) is 1. The predicted molar refractivity (Wildman–Crippen MR) is 106 cm³/mol. The zero-order valence-electron chi connectivity index (χ0n) is 15.1. The van der Waals surface area contributed by atoms with E-state index >= 15 is 0 Å². The molecule has 134 valence electrons. The van der Waals surface area contributed by atoms with Crippen LogP contribution in [0.2, 0.25) is 0 Å². The normalized spacial score (nSPS) is 18.3. The highest BCUT2D eigenvalue weighted by Gasteiger charge is 2.19. The first-order chi connectivity index (χ1) is 12.7. The summed E-state index contributed by atoms with van der Waals surface area (Å²) in [5.74, 6) is 0.844. The minimum Gasteiger partial charge on any atom is -0.461 e. The molecule has 0 amide bonds. The summed E-state index contributed by atoms with van der Waals surface area (Å²) in [5.41, 5.74) is 3.04. The van der Waals surface area contributed by atoms with Crippen molar-refractivity contribution < 1.29 is 8.81 Å². The smallest absolute Gasteiger partial charge is 0.134 e. The summed E-state index contributed by atoms with van der Waals surface area (Å²) >= 11 is 0. The van der Waals surface area contributed by atoms with Gasteiger partial charge in [0.05, 0.1) is 0 Å². The molecule has 0 radical (unpaired) electrons. The lowest BCUT2D eigenvalue weighted by atomic mass is 10.1. The van der Waals surface area contributed by atoms with Gasteiger partial charge in [0.25, 0.3) is 0 Å². The summed E-state index contributed by atoms with van der Waals surface area (Å²) in [5, 5.41) is 1.13. The Labute approximate surface area is 153 Å². The van der Waals surface area contributed by atoms with Gasteiger partial charge in [0.2, 0.25) is 0 Å². The zero-order chi connectivity index (χ0) is 17.9. The van der Waals surface area contributed by atoms with E-state index in [1.165, 1.54) is 31.5 Å². The molecule has 1 saturated heterocycles. The molecule has 0 N–H and O–H groups in total. The molecule has 1 aromatic heterocycles. The van der Waals surface area contributed by atoms with Crippen LogP contribution in [0.4, 0.5) is 4.39 Å². The van der Waals surface area contributed by atoms with Gasteiger partial charge in [-0.3, -0.25) is 0 Å². The average Bonchev–Trinajstić information content (AvgIpc) is 3.24. The maximum absolute atomic E-state index is 13.0. The van der Waals surface area contributed by atoms with E-state index in [0.717, 1.165) is 40.8 Å². The molecule has 2 nitrogen and oxygen atoms in total. The maximum Gasteiger partial charge on any atom is 0.134 e. The molecule has 0 bridgehead atoms. The Morgan fingerprint density at radius 2 is 1.85 bits per heavy atom. The van der Waals surface area contributed by atoms with E-state index in [0.29, 0.717) is 6.04 Å². The standard InChI is InChI=1S/C23H24FNO/c1-17-3-2-13-25(17)14-12-22-16-20-15-19(8-11-23(20)26-22)5-4-18-6-9-21(24)10-7-18/h4-11,15-17H,2-3,12-14H2,1H3/b5-4-/t17-/m1/s1. The minimum absolute atomic E-state index is 0.210. The Morgan fingerprint density at radius 1 is 1.08 bits per heavy atom. The lowest BCUT2D eigenvalue weighted by Gasteiger charge is -2.19. The van der Waals surface area contributed by atoms with E-state index in [9.17, 15) is 4.39 Å². The molecule has 1 atom stereocenters. The van der Waals surface area contributed by atoms with Crippen molar-refractivity contribution in [1.29, 1.82) is 0 Å². The molecule has 26 heavy (non-hydrogen) atoms. The fourth-order valence-electron chi connectivity index (χ4n) is 3.69. The van der Waals surface area contributed by atoms with Crippen LogP contribution in [0.3, 0.4) is 0 Å². The molecule has 4 rings (SSSR count). The molecule has 3 aromatic rings. The topological polar surface area (TPSA) is 16.4 Å². The number of nitrogens with zero attached hydrogens (tertiary/aromatic N) is 1. The minimum atomic E-state index is -0.210. The van der Waals surface area contributed by atoms with Gasteiger partial charge in [-0.2, -0.15) is 0 Å². The van der Waals surface area contributed by atoms with E-state index in [1.54, 1.807) is 12.1 Å². The van der Waals surface area contributed by atoms with E-state index in [4.69, 9.17) is 4.42 Å². The largest absolute Gasteiger partial charge is 0.461 e. The molecule has 1 fully saturated rings. The van der Waals surface area contributed by atoms with Gasteiger partial charge in [-0.15, -0.1) is 0 Å². The summed E-state index contributed by atoms with van der Waals surface area (Å²) in [6.45, 7) is 4.59. The zero-order valence-corrected chi connectivity index (χ0v) is 15.1. The van der Waals surface area contributed by atoms with Gasteiger partial charge in [0.1, 0.15) is 17.2 Å². The maximum atomic E-state index is 13.0. The van der Waals surface area contributed by atoms with Gasteiger partial charge in [-0.05, 0) is 67.8 Å². The van der Waals surface area contributed by atoms with Crippen LogP contribution in [-0.4, -0.2) is 24.0 Å². The van der Waals surface area contributed by atoms with Crippen molar-refractivity contribution in [3.05, 3.63) is 71.2 Å². The fourth-order valence-corrected chi connectivity index (χ4v) is 3.69. The molecule has 0 unspecified atom stereocenters. The van der Waals surface area contributed by atoms with Crippen molar-refractivity contribution in [3.63, 3.8) is 0 Å². The van der Waals surface area contributed by atoms with Crippen LogP contribution in [0.5, 0.6) is 0 Å². The first-order valence-electron chi connectivity index (χ1n) is 9.37. The molecule has 1 aliphatic heterocycles. The molecule has 1 aliphatic rings. The van der Waals surface area contributed by atoms with Gasteiger partial charge < -0.3 is 9.32 Å². The number of furan rings is 1. The van der Waals surface area contributed by atoms with E-state index in [1.807, 2.05) is 18.2 Å². The molecule has 2 aromatic carbocycles. The summed E-state index contributed by atoms with van der Waals surface area (Å²) in [4.78, 5) is 2.55. The SMILES string of the molecule is C[C@@H]1CCCN1CCc1cc2cc(/C=C\c3ccc(F)cc3)ccc2o1. The third-order valence-electron chi connectivity index (χ3n) is 5.27. The molecule has 0 saturated carbocycles. The van der Waals surface area contributed by atoms with Crippen molar-refractivity contribution in [3.8, 4) is 0 Å². The third kappa shape index (κ3) is 3.88. The second kappa shape index (κ2) is 7.46. The van der Waals surface area contributed by atoms with Crippen LogP contribution in [-0.2, 0) is 6.42 Å². The molecule has 0 aliphatic carbocycles. The van der Waals surface area contributed by atoms with Gasteiger partial charge in [-0.25, -0.2) is 4.39 Å². The lowest BCUT2D eigenvalue weighted by Crippen LogP contribution is -2.28. The van der Waals surface area contributed by atoms with Crippen molar-refractivity contribution in [1.82, 2.24) is 4.90 Å². The number of rotatable bonds is 5. The van der Waals surface area contributed by atoms with Crippen LogP contribution in [0, 0.1) is 5.82 Å². The predicted octanol–water partition coefficient (Wildman–Crippen LogP) is 5.77. The summed E-state index contributed by atoms with van der Waals surface area (Å²) < 4.78 is 19.0. The molecular formula is C23H24FNO. The van der Waals surface area contributed by atoms with Crippen molar-refractivity contribution in [2.24, 2.45) is 0 Å². The number of fused-ring (bicyclic) bond motifs is 1. The van der Waals surface area contributed by atoms with Crippen LogP contribution >= 0.6 is 0 Å². The van der Waals surface area contributed by atoms with Gasteiger partial charge in [0.15, 0.2) is 0 Å². The quantitative estimate of drug-likeness (QED) is 0.544. The number of hydrogen-bond donors (Lipinski definition) is 0. The first kappa shape index (κ1) is 17.0. The Bertz CT molecular complexity index is 910. The number of benzene rings is 2. The second-order valence-corrected chi connectivity index (χ2v) is 7.17. The van der Waals surface area contributed by atoms with E-state index in [-0.39, 0.29) is 5.82 Å². The summed E-state index contributed by atoms with van der Waals surface area (Å²) in [6, 6.07) is 15.6. The molecule has 3 heteroatoms. The highest BCUT2D eigenvalue weighted by atomic mass is 19.1. The summed E-state index contributed by atoms with van der Waals surface area (Å²) in [6.07, 6.45) is 7.62. The molecule has 0 spiro atoms.